The fourth-order valence-corrected chi connectivity index (χ4v) is 0.684. The van der Waals surface area contributed by atoms with Crippen molar-refractivity contribution in [2.24, 2.45) is 5.73 Å². The summed E-state index contributed by atoms with van der Waals surface area (Å²) in [7, 11) is -4.13. The standard InChI is InChI=1S/C4H9NO3S/c1-2-3-4(5)9(6,7)8/h3H,2,5H2,1H3,(H,6,7,8)/b4-3+. The largest absolute Gasteiger partial charge is 0.388 e. The van der Waals surface area contributed by atoms with Gasteiger partial charge >= 0.3 is 10.1 Å². The van der Waals surface area contributed by atoms with Crippen molar-refractivity contribution in [2.45, 2.75) is 13.3 Å². The first kappa shape index (κ1) is 8.45. The Morgan fingerprint density at radius 1 is 1.78 bits per heavy atom. The first-order valence-corrected chi connectivity index (χ1v) is 3.85. The molecule has 0 unspecified atom stereocenters. The first-order chi connectivity index (χ1) is 3.98. The predicted octanol–water partition coefficient (Wildman–Crippen LogP) is 0.0843. The summed E-state index contributed by atoms with van der Waals surface area (Å²) in [5.41, 5.74) is 4.88. The second-order valence-corrected chi connectivity index (χ2v) is 2.91. The molecule has 0 saturated heterocycles. The maximum absolute atomic E-state index is 10.1. The highest BCUT2D eigenvalue weighted by Crippen LogP contribution is 1.95. The van der Waals surface area contributed by atoms with Crippen molar-refractivity contribution in [3.05, 3.63) is 11.1 Å². The lowest BCUT2D eigenvalue weighted by atomic mass is 10.5. The van der Waals surface area contributed by atoms with Crippen LogP contribution in [-0.4, -0.2) is 13.0 Å². The van der Waals surface area contributed by atoms with Gasteiger partial charge in [-0.25, -0.2) is 0 Å². The summed E-state index contributed by atoms with van der Waals surface area (Å²) < 4.78 is 28.4. The molecule has 0 amide bonds. The van der Waals surface area contributed by atoms with Crippen LogP contribution in [0, 0.1) is 0 Å². The Balaban J connectivity index is 4.41. The fraction of sp³-hybridized carbons (Fsp3) is 0.500. The van der Waals surface area contributed by atoms with E-state index in [4.69, 9.17) is 10.3 Å². The molecule has 0 aromatic heterocycles. The second-order valence-electron chi connectivity index (χ2n) is 1.49. The van der Waals surface area contributed by atoms with Crippen molar-refractivity contribution in [3.8, 4) is 0 Å². The van der Waals surface area contributed by atoms with E-state index in [1.54, 1.807) is 6.92 Å². The van der Waals surface area contributed by atoms with E-state index >= 15 is 0 Å². The molecule has 0 aliphatic carbocycles. The topological polar surface area (TPSA) is 80.4 Å². The molecule has 0 aromatic rings. The lowest BCUT2D eigenvalue weighted by molar-refractivity contribution is 0.490. The number of hydrogen-bond donors (Lipinski definition) is 2. The van der Waals surface area contributed by atoms with Crippen LogP contribution in [0.5, 0.6) is 0 Å². The van der Waals surface area contributed by atoms with Crippen molar-refractivity contribution in [3.63, 3.8) is 0 Å². The van der Waals surface area contributed by atoms with Gasteiger partial charge < -0.3 is 5.73 Å². The van der Waals surface area contributed by atoms with Gasteiger partial charge in [-0.3, -0.25) is 4.55 Å². The molecule has 0 rings (SSSR count). The normalized spacial score (nSPS) is 13.8. The van der Waals surface area contributed by atoms with Crippen LogP contribution in [0.25, 0.3) is 0 Å². The molecule has 0 saturated carbocycles. The zero-order chi connectivity index (χ0) is 7.49. The van der Waals surface area contributed by atoms with Crippen LogP contribution in [-0.2, 0) is 10.1 Å². The Kier molecular flexibility index (Phi) is 2.66. The summed E-state index contributed by atoms with van der Waals surface area (Å²) >= 11 is 0. The fourth-order valence-electron chi connectivity index (χ4n) is 0.306. The molecule has 54 valence electrons. The minimum Gasteiger partial charge on any atom is -0.388 e. The van der Waals surface area contributed by atoms with Gasteiger partial charge in [-0.2, -0.15) is 8.42 Å². The summed E-state index contributed by atoms with van der Waals surface area (Å²) in [6.45, 7) is 1.72. The number of rotatable bonds is 2. The monoisotopic (exact) mass is 151 g/mol. The SMILES string of the molecule is CC/C=C(\N)S(=O)(=O)O. The predicted molar refractivity (Wildman–Crippen MR) is 34.1 cm³/mol. The molecule has 0 aliphatic heterocycles. The molecule has 0 heterocycles. The highest BCUT2D eigenvalue weighted by Gasteiger charge is 2.05. The molecule has 0 fully saturated rings. The van der Waals surface area contributed by atoms with E-state index in [1.165, 1.54) is 6.08 Å². The van der Waals surface area contributed by atoms with E-state index in [2.05, 4.69) is 0 Å². The summed E-state index contributed by atoms with van der Waals surface area (Å²) in [5, 5.41) is -0.481. The van der Waals surface area contributed by atoms with Crippen LogP contribution in [0.4, 0.5) is 0 Å². The highest BCUT2D eigenvalue weighted by atomic mass is 32.2. The van der Waals surface area contributed by atoms with Gasteiger partial charge in [-0.1, -0.05) is 6.92 Å². The van der Waals surface area contributed by atoms with Crippen LogP contribution in [0.15, 0.2) is 11.1 Å². The minimum absolute atomic E-state index is 0.481. The van der Waals surface area contributed by atoms with Crippen molar-refractivity contribution in [1.29, 1.82) is 0 Å². The molecule has 0 spiro atoms. The number of nitrogens with two attached hydrogens (primary N) is 1. The van der Waals surface area contributed by atoms with Gasteiger partial charge in [0.25, 0.3) is 0 Å². The van der Waals surface area contributed by atoms with Gasteiger partial charge in [0.1, 0.15) is 5.03 Å². The van der Waals surface area contributed by atoms with E-state index < -0.39 is 15.1 Å². The highest BCUT2D eigenvalue weighted by molar-refractivity contribution is 7.89. The van der Waals surface area contributed by atoms with Gasteiger partial charge in [0.2, 0.25) is 0 Å². The van der Waals surface area contributed by atoms with Crippen molar-refractivity contribution < 1.29 is 13.0 Å². The molecular formula is C4H9NO3S. The Labute approximate surface area is 54.1 Å². The maximum atomic E-state index is 10.1. The first-order valence-electron chi connectivity index (χ1n) is 2.41. The zero-order valence-corrected chi connectivity index (χ0v) is 5.85. The lowest BCUT2D eigenvalue weighted by Crippen LogP contribution is -2.10. The molecular weight excluding hydrogens is 142 g/mol. The molecule has 0 aromatic carbocycles. The maximum Gasteiger partial charge on any atom is 0.309 e. The van der Waals surface area contributed by atoms with Crippen LogP contribution in [0.3, 0.4) is 0 Å². The average molecular weight is 151 g/mol. The third kappa shape index (κ3) is 3.10. The van der Waals surface area contributed by atoms with Gasteiger partial charge in [0, 0.05) is 0 Å². The molecule has 4 nitrogen and oxygen atoms in total. The van der Waals surface area contributed by atoms with Crippen LogP contribution in [0.2, 0.25) is 0 Å². The van der Waals surface area contributed by atoms with Crippen LogP contribution >= 0.6 is 0 Å². The molecule has 0 atom stereocenters. The third-order valence-corrected chi connectivity index (χ3v) is 1.47. The summed E-state index contributed by atoms with van der Waals surface area (Å²) in [6.07, 6.45) is 1.72. The van der Waals surface area contributed by atoms with Crippen LogP contribution < -0.4 is 5.73 Å². The summed E-state index contributed by atoms with van der Waals surface area (Å²) in [5.74, 6) is 0. The molecule has 9 heavy (non-hydrogen) atoms. The quantitative estimate of drug-likeness (QED) is 0.548. The Morgan fingerprint density at radius 3 is 2.33 bits per heavy atom. The van der Waals surface area contributed by atoms with Gasteiger partial charge in [0.05, 0.1) is 0 Å². The summed E-state index contributed by atoms with van der Waals surface area (Å²) in [6, 6.07) is 0. The summed E-state index contributed by atoms with van der Waals surface area (Å²) in [4.78, 5) is 0. The van der Waals surface area contributed by atoms with Crippen molar-refractivity contribution in [1.82, 2.24) is 0 Å². The van der Waals surface area contributed by atoms with E-state index in [0.717, 1.165) is 0 Å². The van der Waals surface area contributed by atoms with Gasteiger partial charge in [-0.15, -0.1) is 0 Å². The van der Waals surface area contributed by atoms with Crippen molar-refractivity contribution in [2.75, 3.05) is 0 Å². The Bertz CT molecular complexity index is 204. The smallest absolute Gasteiger partial charge is 0.309 e. The average Bonchev–Trinajstić information content (AvgIpc) is 1.64. The molecule has 3 N–H and O–H groups in total. The van der Waals surface area contributed by atoms with E-state index in [1.807, 2.05) is 0 Å². The van der Waals surface area contributed by atoms with E-state index in [-0.39, 0.29) is 0 Å². The molecule has 0 aliphatic rings. The van der Waals surface area contributed by atoms with Gasteiger partial charge in [0.15, 0.2) is 0 Å². The molecule has 0 radical (unpaired) electrons. The van der Waals surface area contributed by atoms with Crippen molar-refractivity contribution >= 4 is 10.1 Å². The number of hydrogen-bond acceptors (Lipinski definition) is 3. The Hall–Kier alpha value is -0.550. The van der Waals surface area contributed by atoms with Gasteiger partial charge in [-0.05, 0) is 12.5 Å². The van der Waals surface area contributed by atoms with E-state index in [9.17, 15) is 8.42 Å². The van der Waals surface area contributed by atoms with E-state index in [0.29, 0.717) is 6.42 Å². The van der Waals surface area contributed by atoms with Crippen LogP contribution in [0.1, 0.15) is 13.3 Å². The third-order valence-electron chi connectivity index (χ3n) is 0.703. The molecule has 5 heteroatoms. The molecule has 0 bridgehead atoms. The lowest BCUT2D eigenvalue weighted by Gasteiger charge is -1.92. The zero-order valence-electron chi connectivity index (χ0n) is 5.03. The number of allylic oxidation sites excluding steroid dienone is 1. The second kappa shape index (κ2) is 2.84. The minimum atomic E-state index is -4.13. The Morgan fingerprint density at radius 2 is 2.22 bits per heavy atom.